The monoisotopic (exact) mass is 186 g/mol. The molecule has 12 heavy (non-hydrogen) atoms. The minimum atomic E-state index is -2.99. The molecule has 0 saturated heterocycles. The zero-order valence-corrected chi connectivity index (χ0v) is 8.26. The second-order valence-corrected chi connectivity index (χ2v) is 5.75. The molecule has 1 rings (SSSR count). The van der Waals surface area contributed by atoms with Gasteiger partial charge in [-0.25, -0.2) is 8.42 Å². The highest BCUT2D eigenvalue weighted by molar-refractivity contribution is 7.95. The molecule has 1 aliphatic rings. The van der Waals surface area contributed by atoms with E-state index < -0.39 is 9.84 Å². The second kappa shape index (κ2) is 3.44. The molecule has 1 aliphatic carbocycles. The molecule has 0 aliphatic heterocycles. The van der Waals surface area contributed by atoms with Crippen molar-refractivity contribution in [1.82, 2.24) is 0 Å². The summed E-state index contributed by atoms with van der Waals surface area (Å²) in [7, 11) is -2.99. The van der Waals surface area contributed by atoms with Crippen LogP contribution in [0.25, 0.3) is 0 Å². The van der Waals surface area contributed by atoms with Crippen molar-refractivity contribution >= 4 is 9.84 Å². The van der Waals surface area contributed by atoms with Crippen molar-refractivity contribution in [2.24, 2.45) is 0 Å². The van der Waals surface area contributed by atoms with E-state index in [1.54, 1.807) is 19.9 Å². The summed E-state index contributed by atoms with van der Waals surface area (Å²) in [4.78, 5) is 0.583. The fourth-order valence-corrected chi connectivity index (χ4v) is 2.40. The highest BCUT2D eigenvalue weighted by atomic mass is 32.2. The summed E-state index contributed by atoms with van der Waals surface area (Å²) >= 11 is 0. The van der Waals surface area contributed by atoms with Gasteiger partial charge in [-0.2, -0.15) is 0 Å². The summed E-state index contributed by atoms with van der Waals surface area (Å²) in [5.41, 5.74) is 0. The summed E-state index contributed by atoms with van der Waals surface area (Å²) in [5.74, 6) is 0. The highest BCUT2D eigenvalue weighted by Crippen LogP contribution is 2.21. The predicted molar refractivity (Wildman–Crippen MR) is 50.5 cm³/mol. The standard InChI is InChI=1S/C9H14O2S/c1-8(2)12(10,11)9-6-4-3-5-7-9/h3-4,6,8H,5,7H2,1-2H3. The molecule has 0 unspecified atom stereocenters. The van der Waals surface area contributed by atoms with E-state index in [1.807, 2.05) is 12.2 Å². The summed E-state index contributed by atoms with van der Waals surface area (Å²) in [6.45, 7) is 3.43. The Hall–Kier alpha value is -0.570. The third-order valence-electron chi connectivity index (χ3n) is 1.96. The first-order valence-electron chi connectivity index (χ1n) is 4.15. The van der Waals surface area contributed by atoms with Gasteiger partial charge in [0.1, 0.15) is 0 Å². The van der Waals surface area contributed by atoms with Gasteiger partial charge in [0.05, 0.1) is 5.25 Å². The topological polar surface area (TPSA) is 34.1 Å². The van der Waals surface area contributed by atoms with Crippen molar-refractivity contribution in [1.29, 1.82) is 0 Å². The summed E-state index contributed by atoms with van der Waals surface area (Å²) < 4.78 is 23.2. The van der Waals surface area contributed by atoms with Crippen LogP contribution in [0.2, 0.25) is 0 Å². The van der Waals surface area contributed by atoms with E-state index in [0.29, 0.717) is 11.3 Å². The Morgan fingerprint density at radius 3 is 2.50 bits per heavy atom. The molecular weight excluding hydrogens is 172 g/mol. The second-order valence-electron chi connectivity index (χ2n) is 3.19. The lowest BCUT2D eigenvalue weighted by atomic mass is 10.2. The number of allylic oxidation sites excluding steroid dienone is 4. The van der Waals surface area contributed by atoms with Gasteiger partial charge in [-0.3, -0.25) is 0 Å². The van der Waals surface area contributed by atoms with Crippen LogP contribution >= 0.6 is 0 Å². The van der Waals surface area contributed by atoms with Crippen LogP contribution < -0.4 is 0 Å². The quantitative estimate of drug-likeness (QED) is 0.661. The summed E-state index contributed by atoms with van der Waals surface area (Å²) in [6.07, 6.45) is 7.02. The Bertz CT molecular complexity index is 307. The highest BCUT2D eigenvalue weighted by Gasteiger charge is 2.21. The lowest BCUT2D eigenvalue weighted by Gasteiger charge is -2.12. The zero-order chi connectivity index (χ0) is 9.19. The lowest BCUT2D eigenvalue weighted by molar-refractivity contribution is 0.591. The van der Waals surface area contributed by atoms with Crippen molar-refractivity contribution in [3.05, 3.63) is 23.1 Å². The number of hydrogen-bond acceptors (Lipinski definition) is 2. The summed E-state index contributed by atoms with van der Waals surface area (Å²) in [5, 5.41) is -0.296. The van der Waals surface area contributed by atoms with Gasteiger partial charge in [-0.1, -0.05) is 12.2 Å². The fourth-order valence-electron chi connectivity index (χ4n) is 1.12. The van der Waals surface area contributed by atoms with E-state index in [2.05, 4.69) is 0 Å². The molecule has 0 aromatic heterocycles. The Morgan fingerprint density at radius 2 is 2.08 bits per heavy atom. The first kappa shape index (κ1) is 9.52. The van der Waals surface area contributed by atoms with Crippen LogP contribution in [-0.4, -0.2) is 13.7 Å². The van der Waals surface area contributed by atoms with Gasteiger partial charge in [0, 0.05) is 4.91 Å². The van der Waals surface area contributed by atoms with E-state index in [-0.39, 0.29) is 5.25 Å². The molecule has 0 bridgehead atoms. The molecule has 3 heteroatoms. The Kier molecular flexibility index (Phi) is 2.73. The SMILES string of the molecule is CC(C)S(=O)(=O)C1=CC=CCC1. The van der Waals surface area contributed by atoms with Crippen LogP contribution in [0, 0.1) is 0 Å². The predicted octanol–water partition coefficient (Wildman–Crippen LogP) is 2.04. The minimum Gasteiger partial charge on any atom is -0.224 e. The van der Waals surface area contributed by atoms with Gasteiger partial charge in [0.25, 0.3) is 0 Å². The first-order valence-corrected chi connectivity index (χ1v) is 5.69. The molecule has 0 radical (unpaired) electrons. The maximum Gasteiger partial charge on any atom is 0.176 e. The molecule has 0 saturated carbocycles. The smallest absolute Gasteiger partial charge is 0.176 e. The van der Waals surface area contributed by atoms with Crippen LogP contribution in [-0.2, 0) is 9.84 Å². The Labute approximate surface area is 73.9 Å². The van der Waals surface area contributed by atoms with Gasteiger partial charge >= 0.3 is 0 Å². The number of sulfone groups is 1. The molecule has 0 fully saturated rings. The van der Waals surface area contributed by atoms with Crippen LogP contribution in [0.1, 0.15) is 26.7 Å². The number of hydrogen-bond donors (Lipinski definition) is 0. The minimum absolute atomic E-state index is 0.296. The largest absolute Gasteiger partial charge is 0.224 e. The van der Waals surface area contributed by atoms with E-state index in [9.17, 15) is 8.42 Å². The Balaban J connectivity index is 2.97. The van der Waals surface area contributed by atoms with Crippen molar-refractivity contribution in [3.63, 3.8) is 0 Å². The van der Waals surface area contributed by atoms with Crippen molar-refractivity contribution in [2.75, 3.05) is 0 Å². The van der Waals surface area contributed by atoms with Crippen LogP contribution in [0.5, 0.6) is 0 Å². The molecule has 0 atom stereocenters. The van der Waals surface area contributed by atoms with Crippen molar-refractivity contribution in [2.45, 2.75) is 31.9 Å². The van der Waals surface area contributed by atoms with Gasteiger partial charge < -0.3 is 0 Å². The van der Waals surface area contributed by atoms with Gasteiger partial charge in [0.15, 0.2) is 9.84 Å². The maximum absolute atomic E-state index is 11.6. The molecule has 0 spiro atoms. The van der Waals surface area contributed by atoms with E-state index in [0.717, 1.165) is 6.42 Å². The van der Waals surface area contributed by atoms with Crippen molar-refractivity contribution < 1.29 is 8.42 Å². The van der Waals surface area contributed by atoms with Crippen LogP contribution in [0.15, 0.2) is 23.1 Å². The molecule has 68 valence electrons. The normalized spacial score (nSPS) is 18.1. The molecule has 0 heterocycles. The van der Waals surface area contributed by atoms with Gasteiger partial charge in [-0.15, -0.1) is 0 Å². The van der Waals surface area contributed by atoms with E-state index in [1.165, 1.54) is 0 Å². The molecular formula is C9H14O2S. The molecule has 2 nitrogen and oxygen atoms in total. The molecule has 0 N–H and O–H groups in total. The first-order chi connectivity index (χ1) is 5.55. The molecule has 0 aromatic rings. The lowest BCUT2D eigenvalue weighted by Crippen LogP contribution is -2.16. The summed E-state index contributed by atoms with van der Waals surface area (Å²) in [6, 6.07) is 0. The fraction of sp³-hybridized carbons (Fsp3) is 0.556. The van der Waals surface area contributed by atoms with Crippen molar-refractivity contribution in [3.8, 4) is 0 Å². The average molecular weight is 186 g/mol. The third-order valence-corrected chi connectivity index (χ3v) is 4.27. The van der Waals surface area contributed by atoms with Crippen LogP contribution in [0.3, 0.4) is 0 Å². The zero-order valence-electron chi connectivity index (χ0n) is 7.45. The maximum atomic E-state index is 11.6. The van der Waals surface area contributed by atoms with Gasteiger partial charge in [0.2, 0.25) is 0 Å². The van der Waals surface area contributed by atoms with Gasteiger partial charge in [-0.05, 0) is 32.8 Å². The van der Waals surface area contributed by atoms with E-state index >= 15 is 0 Å². The molecule has 0 aromatic carbocycles. The average Bonchev–Trinajstić information content (AvgIpc) is 2.06. The van der Waals surface area contributed by atoms with Crippen LogP contribution in [0.4, 0.5) is 0 Å². The third kappa shape index (κ3) is 1.78. The Morgan fingerprint density at radius 1 is 1.42 bits per heavy atom. The van der Waals surface area contributed by atoms with E-state index in [4.69, 9.17) is 0 Å². The number of rotatable bonds is 2. The molecule has 0 amide bonds.